The van der Waals surface area contributed by atoms with Gasteiger partial charge in [0.15, 0.2) is 0 Å². The van der Waals surface area contributed by atoms with Crippen molar-refractivity contribution in [2.24, 2.45) is 5.73 Å². The Balaban J connectivity index is 2.52. The number of hydrogen-bond acceptors (Lipinski definition) is 3. The molecule has 0 spiro atoms. The van der Waals surface area contributed by atoms with E-state index in [0.717, 1.165) is 12.0 Å². The third-order valence-corrected chi connectivity index (χ3v) is 2.85. The minimum atomic E-state index is -0.104. The molecule has 1 aromatic carbocycles. The average Bonchev–Trinajstić information content (AvgIpc) is 2.40. The summed E-state index contributed by atoms with van der Waals surface area (Å²) >= 11 is 0. The number of anilines is 1. The van der Waals surface area contributed by atoms with Crippen molar-refractivity contribution in [3.8, 4) is 0 Å². The molecule has 0 saturated heterocycles. The molecule has 1 rings (SSSR count). The number of rotatable bonds is 6. The molecule has 5 nitrogen and oxygen atoms in total. The van der Waals surface area contributed by atoms with E-state index in [0.29, 0.717) is 18.5 Å². The van der Waals surface area contributed by atoms with Crippen LogP contribution in [0.2, 0.25) is 0 Å². The maximum Gasteiger partial charge on any atom is 0.225 e. The van der Waals surface area contributed by atoms with Crippen molar-refractivity contribution >= 4 is 17.5 Å². The summed E-state index contributed by atoms with van der Waals surface area (Å²) in [6, 6.07) is 7.11. The molecular formula is C14H21N3O2. The number of nitrogens with one attached hydrogen (secondary N) is 2. The molecule has 0 fully saturated rings. The SMILES string of the molecule is CCC(N)CC(=O)Nc1ccc(CC(=O)NC)cc1. The number of carbonyl (C=O) groups excluding carboxylic acids is 2. The lowest BCUT2D eigenvalue weighted by atomic mass is 10.1. The van der Waals surface area contributed by atoms with Gasteiger partial charge in [-0.1, -0.05) is 19.1 Å². The number of amides is 2. The molecule has 0 heterocycles. The van der Waals surface area contributed by atoms with Crippen molar-refractivity contribution in [1.82, 2.24) is 5.32 Å². The van der Waals surface area contributed by atoms with Gasteiger partial charge in [0.2, 0.25) is 11.8 Å². The molecule has 0 bridgehead atoms. The normalized spacial score (nSPS) is 11.7. The molecule has 0 aliphatic carbocycles. The second-order valence-corrected chi connectivity index (χ2v) is 4.47. The van der Waals surface area contributed by atoms with Crippen LogP contribution >= 0.6 is 0 Å². The summed E-state index contributed by atoms with van der Waals surface area (Å²) in [4.78, 5) is 22.8. The van der Waals surface area contributed by atoms with Crippen LogP contribution in [0.4, 0.5) is 5.69 Å². The Bertz CT molecular complexity index is 429. The fourth-order valence-corrected chi connectivity index (χ4v) is 1.57. The molecule has 104 valence electrons. The van der Waals surface area contributed by atoms with E-state index in [1.54, 1.807) is 19.2 Å². The van der Waals surface area contributed by atoms with Crippen LogP contribution in [0.5, 0.6) is 0 Å². The molecule has 0 saturated carbocycles. The topological polar surface area (TPSA) is 84.2 Å². The third-order valence-electron chi connectivity index (χ3n) is 2.85. The second-order valence-electron chi connectivity index (χ2n) is 4.47. The first-order valence-electron chi connectivity index (χ1n) is 6.40. The first kappa shape index (κ1) is 15.2. The summed E-state index contributed by atoms with van der Waals surface area (Å²) in [5.74, 6) is -0.126. The van der Waals surface area contributed by atoms with Crippen LogP contribution in [0.1, 0.15) is 25.3 Å². The lowest BCUT2D eigenvalue weighted by molar-refractivity contribution is -0.120. The number of likely N-dealkylation sites (N-methyl/N-ethyl adjacent to an activating group) is 1. The summed E-state index contributed by atoms with van der Waals surface area (Å²) in [5.41, 5.74) is 7.34. The van der Waals surface area contributed by atoms with Gasteiger partial charge in [-0.25, -0.2) is 0 Å². The lowest BCUT2D eigenvalue weighted by Crippen LogP contribution is -2.26. The Morgan fingerprint density at radius 2 is 1.84 bits per heavy atom. The van der Waals surface area contributed by atoms with Gasteiger partial charge in [0.05, 0.1) is 6.42 Å². The van der Waals surface area contributed by atoms with Gasteiger partial charge in [-0.05, 0) is 24.1 Å². The van der Waals surface area contributed by atoms with Crippen LogP contribution in [-0.4, -0.2) is 24.9 Å². The maximum atomic E-state index is 11.6. The second kappa shape index (κ2) is 7.53. The van der Waals surface area contributed by atoms with E-state index >= 15 is 0 Å². The van der Waals surface area contributed by atoms with E-state index in [-0.39, 0.29) is 17.9 Å². The summed E-state index contributed by atoms with van der Waals surface area (Å²) in [7, 11) is 1.61. The predicted octanol–water partition coefficient (Wildman–Crippen LogP) is 1.04. The van der Waals surface area contributed by atoms with Gasteiger partial charge in [0.25, 0.3) is 0 Å². The van der Waals surface area contributed by atoms with E-state index in [1.807, 2.05) is 19.1 Å². The zero-order valence-electron chi connectivity index (χ0n) is 11.4. The van der Waals surface area contributed by atoms with Gasteiger partial charge >= 0.3 is 0 Å². The first-order chi connectivity index (χ1) is 9.05. The van der Waals surface area contributed by atoms with Crippen molar-refractivity contribution in [1.29, 1.82) is 0 Å². The Labute approximate surface area is 113 Å². The zero-order valence-corrected chi connectivity index (χ0v) is 11.4. The lowest BCUT2D eigenvalue weighted by Gasteiger charge is -2.09. The zero-order chi connectivity index (χ0) is 14.3. The largest absolute Gasteiger partial charge is 0.359 e. The number of nitrogens with two attached hydrogens (primary N) is 1. The number of carbonyl (C=O) groups is 2. The highest BCUT2D eigenvalue weighted by molar-refractivity contribution is 5.91. The number of benzene rings is 1. The van der Waals surface area contributed by atoms with Crippen LogP contribution in [0, 0.1) is 0 Å². The average molecular weight is 263 g/mol. The van der Waals surface area contributed by atoms with Crippen molar-refractivity contribution < 1.29 is 9.59 Å². The van der Waals surface area contributed by atoms with Crippen molar-refractivity contribution in [3.05, 3.63) is 29.8 Å². The molecule has 0 radical (unpaired) electrons. The standard InChI is InChI=1S/C14H21N3O2/c1-3-11(15)9-14(19)17-12-6-4-10(5-7-12)8-13(18)16-2/h4-7,11H,3,8-9,15H2,1-2H3,(H,16,18)(H,17,19). The summed E-state index contributed by atoms with van der Waals surface area (Å²) in [6.07, 6.45) is 1.43. The molecule has 0 aliphatic rings. The van der Waals surface area contributed by atoms with Crippen molar-refractivity contribution in [2.45, 2.75) is 32.2 Å². The Kier molecular flexibility index (Phi) is 6.02. The van der Waals surface area contributed by atoms with E-state index in [4.69, 9.17) is 5.73 Å². The molecule has 19 heavy (non-hydrogen) atoms. The Hall–Kier alpha value is -1.88. The van der Waals surface area contributed by atoms with Gasteiger partial charge in [0, 0.05) is 25.2 Å². The van der Waals surface area contributed by atoms with Gasteiger partial charge in [-0.3, -0.25) is 9.59 Å². The minimum absolute atomic E-state index is 0.0364. The molecule has 0 aliphatic heterocycles. The van der Waals surface area contributed by atoms with Gasteiger partial charge < -0.3 is 16.4 Å². The predicted molar refractivity (Wildman–Crippen MR) is 75.7 cm³/mol. The fraction of sp³-hybridized carbons (Fsp3) is 0.429. The minimum Gasteiger partial charge on any atom is -0.359 e. The third kappa shape index (κ3) is 5.52. The van der Waals surface area contributed by atoms with Gasteiger partial charge in [0.1, 0.15) is 0 Å². The van der Waals surface area contributed by atoms with E-state index < -0.39 is 0 Å². The molecular weight excluding hydrogens is 242 g/mol. The monoisotopic (exact) mass is 263 g/mol. The van der Waals surface area contributed by atoms with E-state index in [2.05, 4.69) is 10.6 Å². The Morgan fingerprint density at radius 3 is 2.37 bits per heavy atom. The molecule has 1 unspecified atom stereocenters. The summed E-state index contributed by atoms with van der Waals surface area (Å²) in [5, 5.41) is 5.35. The first-order valence-corrected chi connectivity index (χ1v) is 6.40. The van der Waals surface area contributed by atoms with Gasteiger partial charge in [-0.15, -0.1) is 0 Å². The Morgan fingerprint density at radius 1 is 1.21 bits per heavy atom. The summed E-state index contributed by atoms with van der Waals surface area (Å²) < 4.78 is 0. The fourth-order valence-electron chi connectivity index (χ4n) is 1.57. The van der Waals surface area contributed by atoms with Crippen LogP contribution in [0.15, 0.2) is 24.3 Å². The molecule has 1 aromatic rings. The van der Waals surface area contributed by atoms with Crippen LogP contribution in [0.25, 0.3) is 0 Å². The highest BCUT2D eigenvalue weighted by Gasteiger charge is 2.08. The quantitative estimate of drug-likeness (QED) is 0.717. The van der Waals surface area contributed by atoms with Crippen molar-refractivity contribution in [2.75, 3.05) is 12.4 Å². The molecule has 4 N–H and O–H groups in total. The van der Waals surface area contributed by atoms with E-state index in [1.165, 1.54) is 0 Å². The molecule has 2 amide bonds. The molecule has 0 aromatic heterocycles. The van der Waals surface area contributed by atoms with Crippen LogP contribution in [0.3, 0.4) is 0 Å². The van der Waals surface area contributed by atoms with Crippen LogP contribution < -0.4 is 16.4 Å². The smallest absolute Gasteiger partial charge is 0.225 e. The molecule has 5 heteroatoms. The van der Waals surface area contributed by atoms with E-state index in [9.17, 15) is 9.59 Å². The number of hydrogen-bond donors (Lipinski definition) is 3. The maximum absolute atomic E-state index is 11.6. The van der Waals surface area contributed by atoms with Crippen LogP contribution in [-0.2, 0) is 16.0 Å². The van der Waals surface area contributed by atoms with Gasteiger partial charge in [-0.2, -0.15) is 0 Å². The highest BCUT2D eigenvalue weighted by Crippen LogP contribution is 2.11. The highest BCUT2D eigenvalue weighted by atomic mass is 16.2. The molecule has 1 atom stereocenters. The summed E-state index contributed by atoms with van der Waals surface area (Å²) in [6.45, 7) is 1.95. The van der Waals surface area contributed by atoms with Crippen molar-refractivity contribution in [3.63, 3.8) is 0 Å².